The molecule has 12 heteroatoms. The zero-order valence-corrected chi connectivity index (χ0v) is 8.53. The molecular formula is C5H12N2O10. The van der Waals surface area contributed by atoms with Crippen LogP contribution in [0.2, 0.25) is 0 Å². The number of aliphatic hydroxyl groups is 3. The van der Waals surface area contributed by atoms with E-state index >= 15 is 0 Å². The third-order valence-electron chi connectivity index (χ3n) is 0.968. The first-order valence-electron chi connectivity index (χ1n) is 3.70. The molecular weight excluding hydrogens is 248 g/mol. The van der Waals surface area contributed by atoms with Crippen LogP contribution in [0.4, 0.5) is 0 Å². The summed E-state index contributed by atoms with van der Waals surface area (Å²) in [6, 6.07) is 0. The molecule has 0 aliphatic carbocycles. The molecule has 12 nitrogen and oxygen atoms in total. The first-order chi connectivity index (χ1) is 7.56. The summed E-state index contributed by atoms with van der Waals surface area (Å²) in [5.74, 6) is -0.545. The third kappa shape index (κ3) is 31.5. The van der Waals surface area contributed by atoms with Gasteiger partial charge in [0, 0.05) is 0 Å². The predicted molar refractivity (Wildman–Crippen MR) is 47.3 cm³/mol. The Kier molecular flexibility index (Phi) is 14.4. The van der Waals surface area contributed by atoms with Gasteiger partial charge in [-0.05, 0) is 6.92 Å². The number of hydrogen-bond acceptors (Lipinski definition) is 8. The van der Waals surface area contributed by atoms with Crippen LogP contribution in [-0.2, 0) is 4.79 Å². The number of carbonyl (C=O) groups is 1. The normalized spacial score (nSPS) is 11.8. The first kappa shape index (κ1) is 20.4. The molecule has 0 aliphatic rings. The van der Waals surface area contributed by atoms with Gasteiger partial charge in [-0.1, -0.05) is 0 Å². The summed E-state index contributed by atoms with van der Waals surface area (Å²) in [4.78, 5) is 26.9. The largest absolute Gasteiger partial charge is 0.394 e. The van der Waals surface area contributed by atoms with Crippen molar-refractivity contribution in [1.82, 2.24) is 0 Å². The molecule has 0 rings (SSSR count). The molecule has 0 saturated carbocycles. The van der Waals surface area contributed by atoms with Crippen molar-refractivity contribution in [3.8, 4) is 0 Å². The maximum Gasteiger partial charge on any atom is 0.291 e. The molecule has 0 spiro atoms. The lowest BCUT2D eigenvalue weighted by Gasteiger charge is -2.10. The zero-order valence-electron chi connectivity index (χ0n) is 8.53. The van der Waals surface area contributed by atoms with Crippen LogP contribution in [0.1, 0.15) is 6.92 Å². The van der Waals surface area contributed by atoms with E-state index in [0.29, 0.717) is 0 Å². The van der Waals surface area contributed by atoms with Gasteiger partial charge in [0.05, 0.1) is 6.61 Å². The van der Waals surface area contributed by atoms with Crippen LogP contribution in [-0.4, -0.2) is 60.5 Å². The van der Waals surface area contributed by atoms with E-state index in [1.165, 1.54) is 0 Å². The molecule has 0 heterocycles. The minimum absolute atomic E-state index is 0.545. The van der Waals surface area contributed by atoms with Crippen LogP contribution in [0.25, 0.3) is 0 Å². The molecule has 5 N–H and O–H groups in total. The Labute approximate surface area is 93.6 Å². The van der Waals surface area contributed by atoms with Gasteiger partial charge in [0.2, 0.25) is 0 Å². The van der Waals surface area contributed by atoms with Gasteiger partial charge in [-0.15, -0.1) is 20.2 Å². The van der Waals surface area contributed by atoms with Gasteiger partial charge in [0.1, 0.15) is 12.2 Å². The van der Waals surface area contributed by atoms with Crippen LogP contribution in [0, 0.1) is 20.2 Å². The Balaban J connectivity index is -0.000000205. The fraction of sp³-hybridized carbons (Fsp3) is 0.800. The molecule has 2 atom stereocenters. The Bertz CT molecular complexity index is 223. The van der Waals surface area contributed by atoms with Crippen molar-refractivity contribution >= 4 is 5.78 Å². The van der Waals surface area contributed by atoms with Crippen molar-refractivity contribution in [2.45, 2.75) is 19.1 Å². The van der Waals surface area contributed by atoms with Gasteiger partial charge < -0.3 is 25.7 Å². The fourth-order valence-electron chi connectivity index (χ4n) is 0.371. The second kappa shape index (κ2) is 12.0. The van der Waals surface area contributed by atoms with Gasteiger partial charge >= 0.3 is 0 Å². The topological polar surface area (TPSA) is 204 Å². The summed E-state index contributed by atoms with van der Waals surface area (Å²) in [6.45, 7) is 0.546. The van der Waals surface area contributed by atoms with Crippen LogP contribution < -0.4 is 0 Å². The van der Waals surface area contributed by atoms with Crippen molar-refractivity contribution in [2.75, 3.05) is 6.61 Å². The fourth-order valence-corrected chi connectivity index (χ4v) is 0.371. The zero-order chi connectivity index (χ0) is 14.6. The van der Waals surface area contributed by atoms with Gasteiger partial charge in [0.25, 0.3) is 10.2 Å². The number of Topliss-reactive ketones (excluding diaryl/α,β-unsaturated/α-hetero) is 1. The number of hydrogen-bond donors (Lipinski definition) is 5. The molecule has 0 aliphatic heterocycles. The predicted octanol–water partition coefficient (Wildman–Crippen LogP) is -2.41. The van der Waals surface area contributed by atoms with E-state index in [1.54, 1.807) is 0 Å². The minimum atomic E-state index is -1.50. The van der Waals surface area contributed by atoms with Crippen molar-refractivity contribution in [1.29, 1.82) is 0 Å². The smallest absolute Gasteiger partial charge is 0.291 e. The van der Waals surface area contributed by atoms with Crippen LogP contribution >= 0.6 is 0 Å². The average molecular weight is 260 g/mol. The van der Waals surface area contributed by atoms with E-state index in [4.69, 9.17) is 46.0 Å². The van der Waals surface area contributed by atoms with E-state index in [0.717, 1.165) is 6.92 Å². The maximum absolute atomic E-state index is 10.2. The van der Waals surface area contributed by atoms with E-state index in [9.17, 15) is 4.79 Å². The Morgan fingerprint density at radius 3 is 1.47 bits per heavy atom. The highest BCUT2D eigenvalue weighted by atomic mass is 16.9. The van der Waals surface area contributed by atoms with Crippen molar-refractivity contribution < 1.29 is 40.7 Å². The molecule has 0 aromatic carbocycles. The van der Waals surface area contributed by atoms with E-state index in [-0.39, 0.29) is 0 Å². The number of nitrogens with zero attached hydrogens (tertiary/aromatic N) is 2. The minimum Gasteiger partial charge on any atom is -0.394 e. The highest BCUT2D eigenvalue weighted by molar-refractivity contribution is 5.80. The van der Waals surface area contributed by atoms with E-state index in [2.05, 4.69) is 0 Å². The molecule has 17 heavy (non-hydrogen) atoms. The number of aliphatic hydroxyl groups excluding tert-OH is 3. The first-order valence-corrected chi connectivity index (χ1v) is 3.70. The standard InChI is InChI=1S/C5H10O4.2HNO3/c1-3(7)5(9)4(8)2-6;2*2-1(3)4/h4-6,8-9H,2H2,1H3;2*(H,2,3,4). The van der Waals surface area contributed by atoms with Crippen molar-refractivity contribution in [3.05, 3.63) is 20.2 Å². The van der Waals surface area contributed by atoms with Crippen molar-refractivity contribution in [2.24, 2.45) is 0 Å². The molecule has 0 bridgehead atoms. The number of rotatable bonds is 3. The summed E-state index contributed by atoms with van der Waals surface area (Å²) < 4.78 is 0. The van der Waals surface area contributed by atoms with Gasteiger partial charge in [-0.3, -0.25) is 4.79 Å². The second-order valence-electron chi connectivity index (χ2n) is 2.28. The monoisotopic (exact) mass is 260 g/mol. The van der Waals surface area contributed by atoms with Crippen molar-refractivity contribution in [3.63, 3.8) is 0 Å². The van der Waals surface area contributed by atoms with E-state index in [1.807, 2.05) is 0 Å². The summed E-state index contributed by atoms with van der Waals surface area (Å²) in [6.07, 6.45) is -2.79. The lowest BCUT2D eigenvalue weighted by atomic mass is 10.1. The van der Waals surface area contributed by atoms with E-state index < -0.39 is 34.8 Å². The summed E-state index contributed by atoms with van der Waals surface area (Å²) in [5.41, 5.74) is 0. The quantitative estimate of drug-likeness (QED) is 0.268. The van der Waals surface area contributed by atoms with Crippen LogP contribution in [0.5, 0.6) is 0 Å². The lowest BCUT2D eigenvalue weighted by molar-refractivity contribution is -0.742. The molecule has 0 aromatic rings. The lowest BCUT2D eigenvalue weighted by Crippen LogP contribution is -2.34. The molecule has 2 unspecified atom stereocenters. The number of ketones is 1. The van der Waals surface area contributed by atoms with Crippen LogP contribution in [0.3, 0.4) is 0 Å². The highest BCUT2D eigenvalue weighted by Gasteiger charge is 2.18. The second-order valence-corrected chi connectivity index (χ2v) is 2.28. The molecule has 0 radical (unpaired) electrons. The van der Waals surface area contributed by atoms with Gasteiger partial charge in [0.15, 0.2) is 5.78 Å². The summed E-state index contributed by atoms with van der Waals surface area (Å²) in [7, 11) is 0. The van der Waals surface area contributed by atoms with Gasteiger partial charge in [-0.25, -0.2) is 0 Å². The Hall–Kier alpha value is -2.05. The maximum atomic E-state index is 10.2. The molecule has 102 valence electrons. The Morgan fingerprint density at radius 1 is 1.18 bits per heavy atom. The molecule has 0 aromatic heterocycles. The van der Waals surface area contributed by atoms with Crippen LogP contribution in [0.15, 0.2) is 0 Å². The molecule has 0 fully saturated rings. The number of carbonyl (C=O) groups excluding carboxylic acids is 1. The molecule has 0 amide bonds. The molecule has 0 saturated heterocycles. The Morgan fingerprint density at radius 2 is 1.41 bits per heavy atom. The average Bonchev–Trinajstić information content (AvgIpc) is 2.13. The summed E-state index contributed by atoms with van der Waals surface area (Å²) in [5, 5.41) is 52.7. The summed E-state index contributed by atoms with van der Waals surface area (Å²) >= 11 is 0. The SMILES string of the molecule is CC(=O)C(O)C(O)CO.O=[N+]([O-])O.O=[N+]([O-])O. The van der Waals surface area contributed by atoms with Gasteiger partial charge in [-0.2, -0.15) is 0 Å². The highest BCUT2D eigenvalue weighted by Crippen LogP contribution is 1.92. The third-order valence-corrected chi connectivity index (χ3v) is 0.968.